The average Bonchev–Trinajstić information content (AvgIpc) is 2.58. The third-order valence-corrected chi connectivity index (χ3v) is 2.34. The molecule has 0 spiro atoms. The number of nitrogens with zero attached hydrogens (tertiary/aromatic N) is 2. The van der Waals surface area contributed by atoms with Gasteiger partial charge in [-0.15, -0.1) is 0 Å². The molecule has 1 aromatic rings. The first-order chi connectivity index (χ1) is 8.74. The van der Waals surface area contributed by atoms with Crippen molar-refractivity contribution in [1.29, 1.82) is 0 Å². The van der Waals surface area contributed by atoms with E-state index >= 15 is 0 Å². The summed E-state index contributed by atoms with van der Waals surface area (Å²) in [6.45, 7) is 7.11. The van der Waals surface area contributed by atoms with Crippen LogP contribution in [0.2, 0.25) is 0 Å². The van der Waals surface area contributed by atoms with Crippen molar-refractivity contribution in [3.05, 3.63) is 16.6 Å². The molecule has 106 valence electrons. The van der Waals surface area contributed by atoms with E-state index in [1.165, 1.54) is 6.20 Å². The Labute approximate surface area is 119 Å². The van der Waals surface area contributed by atoms with Gasteiger partial charge in [-0.25, -0.2) is 24.7 Å². The van der Waals surface area contributed by atoms with E-state index in [0.29, 0.717) is 4.60 Å². The molecule has 0 aliphatic rings. The molecule has 0 fully saturated rings. The first-order valence-electron chi connectivity index (χ1n) is 5.65. The Morgan fingerprint density at radius 1 is 1.47 bits per heavy atom. The van der Waals surface area contributed by atoms with Crippen LogP contribution in [0.5, 0.6) is 0 Å². The van der Waals surface area contributed by atoms with Gasteiger partial charge >= 0.3 is 12.1 Å². The Bertz CT molecular complexity index is 479. The van der Waals surface area contributed by atoms with Gasteiger partial charge in [0.1, 0.15) is 10.2 Å². The molecule has 1 amide bonds. The second kappa shape index (κ2) is 6.05. The molecule has 1 N–H and O–H groups in total. The minimum Gasteiger partial charge on any atom is -0.460 e. The number of imidazole rings is 1. The second-order valence-electron chi connectivity index (χ2n) is 4.57. The van der Waals surface area contributed by atoms with Crippen LogP contribution in [0.4, 0.5) is 4.79 Å². The molecule has 7 nitrogen and oxygen atoms in total. The van der Waals surface area contributed by atoms with Gasteiger partial charge in [0.2, 0.25) is 5.82 Å². The van der Waals surface area contributed by atoms with Crippen molar-refractivity contribution in [2.75, 3.05) is 12.0 Å². The smallest absolute Gasteiger partial charge is 0.427 e. The lowest BCUT2D eigenvalue weighted by molar-refractivity contribution is 0.0505. The van der Waals surface area contributed by atoms with Gasteiger partial charge in [-0.3, -0.25) is 0 Å². The zero-order chi connectivity index (χ0) is 14.6. The average molecular weight is 334 g/mol. The van der Waals surface area contributed by atoms with Crippen LogP contribution in [-0.2, 0) is 9.47 Å². The Morgan fingerprint density at radius 2 is 2.11 bits per heavy atom. The molecular weight excluding hydrogens is 318 g/mol. The highest BCUT2D eigenvalue weighted by molar-refractivity contribution is 9.10. The maximum absolute atomic E-state index is 11.7. The third-order valence-electron chi connectivity index (χ3n) is 1.78. The van der Waals surface area contributed by atoms with Gasteiger partial charge in [-0.05, 0) is 43.6 Å². The summed E-state index contributed by atoms with van der Waals surface area (Å²) in [5.41, 5.74) is 1.76. The zero-order valence-corrected chi connectivity index (χ0v) is 12.8. The highest BCUT2D eigenvalue weighted by Crippen LogP contribution is 2.13. The van der Waals surface area contributed by atoms with E-state index in [2.05, 4.69) is 26.3 Å². The summed E-state index contributed by atoms with van der Waals surface area (Å²) in [5, 5.41) is 0. The molecule has 0 aliphatic heterocycles. The van der Waals surface area contributed by atoms with Crippen LogP contribution in [0.15, 0.2) is 10.8 Å². The molecule has 1 heterocycles. The zero-order valence-electron chi connectivity index (χ0n) is 11.2. The van der Waals surface area contributed by atoms with Crippen LogP contribution in [0.1, 0.15) is 38.3 Å². The molecular formula is C11H16BrN3O4. The van der Waals surface area contributed by atoms with Gasteiger partial charge in [0.05, 0.1) is 12.8 Å². The molecule has 0 saturated heterocycles. The van der Waals surface area contributed by atoms with E-state index in [0.717, 1.165) is 4.68 Å². The number of ether oxygens (including phenoxy) is 2. The van der Waals surface area contributed by atoms with Gasteiger partial charge < -0.3 is 9.47 Å². The Morgan fingerprint density at radius 3 is 2.63 bits per heavy atom. The topological polar surface area (TPSA) is 82.5 Å². The third kappa shape index (κ3) is 4.55. The number of halogens is 1. The fourth-order valence-electron chi connectivity index (χ4n) is 1.17. The molecule has 19 heavy (non-hydrogen) atoms. The maximum Gasteiger partial charge on any atom is 0.427 e. The van der Waals surface area contributed by atoms with Crippen molar-refractivity contribution in [3.63, 3.8) is 0 Å². The molecule has 0 aromatic carbocycles. The fourth-order valence-corrected chi connectivity index (χ4v) is 1.53. The standard InChI is InChI=1S/C11H16BrN3O4/c1-5-18-9(16)8-13-6-7(12)15(8)14-10(17)19-11(2,3)4/h6H,5H2,1-4H3,(H,14,17). The van der Waals surface area contributed by atoms with Gasteiger partial charge in [-0.1, -0.05) is 0 Å². The van der Waals surface area contributed by atoms with E-state index < -0.39 is 17.7 Å². The SMILES string of the molecule is CCOC(=O)c1ncc(Br)n1NC(=O)OC(C)(C)C. The predicted molar refractivity (Wildman–Crippen MR) is 71.5 cm³/mol. The Balaban J connectivity index is 2.86. The number of esters is 1. The number of carbonyl (C=O) groups excluding carboxylic acids is 2. The van der Waals surface area contributed by atoms with Crippen molar-refractivity contribution in [3.8, 4) is 0 Å². The number of hydrogen-bond donors (Lipinski definition) is 1. The Hall–Kier alpha value is -1.57. The lowest BCUT2D eigenvalue weighted by Crippen LogP contribution is -2.33. The molecule has 0 bridgehead atoms. The summed E-state index contributed by atoms with van der Waals surface area (Å²) in [6.07, 6.45) is 0.681. The maximum atomic E-state index is 11.7. The monoisotopic (exact) mass is 333 g/mol. The van der Waals surface area contributed by atoms with Crippen molar-refractivity contribution < 1.29 is 19.1 Å². The molecule has 1 rings (SSSR count). The van der Waals surface area contributed by atoms with E-state index in [1.54, 1.807) is 27.7 Å². The van der Waals surface area contributed by atoms with Gasteiger partial charge in [0.15, 0.2) is 0 Å². The molecule has 0 atom stereocenters. The minimum atomic E-state index is -0.697. The molecule has 1 aromatic heterocycles. The summed E-state index contributed by atoms with van der Waals surface area (Å²) in [6, 6.07) is 0. The normalized spacial score (nSPS) is 11.0. The number of carbonyl (C=O) groups is 2. The van der Waals surface area contributed by atoms with Crippen molar-refractivity contribution >= 4 is 28.0 Å². The number of rotatable bonds is 3. The molecule has 0 aliphatic carbocycles. The van der Waals surface area contributed by atoms with Crippen LogP contribution in [0, 0.1) is 0 Å². The molecule has 0 saturated carbocycles. The van der Waals surface area contributed by atoms with Crippen molar-refractivity contribution in [2.45, 2.75) is 33.3 Å². The highest BCUT2D eigenvalue weighted by Gasteiger charge is 2.21. The second-order valence-corrected chi connectivity index (χ2v) is 5.39. The Kier molecular flexibility index (Phi) is 4.93. The minimum absolute atomic E-state index is 0.0421. The summed E-state index contributed by atoms with van der Waals surface area (Å²) < 4.78 is 11.5. The molecule has 0 unspecified atom stereocenters. The largest absolute Gasteiger partial charge is 0.460 e. The number of hydrogen-bond acceptors (Lipinski definition) is 5. The lowest BCUT2D eigenvalue weighted by atomic mass is 10.2. The van der Waals surface area contributed by atoms with Crippen LogP contribution in [0.3, 0.4) is 0 Å². The predicted octanol–water partition coefficient (Wildman–Crippen LogP) is 2.30. The number of amides is 1. The lowest BCUT2D eigenvalue weighted by Gasteiger charge is -2.20. The summed E-state index contributed by atoms with van der Waals surface area (Å²) in [4.78, 5) is 27.1. The van der Waals surface area contributed by atoms with Crippen molar-refractivity contribution in [1.82, 2.24) is 9.66 Å². The van der Waals surface area contributed by atoms with E-state index in [9.17, 15) is 9.59 Å². The van der Waals surface area contributed by atoms with E-state index in [1.807, 2.05) is 0 Å². The highest BCUT2D eigenvalue weighted by atomic mass is 79.9. The van der Waals surface area contributed by atoms with Crippen LogP contribution in [0.25, 0.3) is 0 Å². The summed E-state index contributed by atoms with van der Waals surface area (Å²) >= 11 is 3.17. The quantitative estimate of drug-likeness (QED) is 0.858. The summed E-state index contributed by atoms with van der Waals surface area (Å²) in [7, 11) is 0. The summed E-state index contributed by atoms with van der Waals surface area (Å²) in [5.74, 6) is -0.677. The number of nitrogens with one attached hydrogen (secondary N) is 1. The first-order valence-corrected chi connectivity index (χ1v) is 6.44. The van der Waals surface area contributed by atoms with Crippen LogP contribution < -0.4 is 5.43 Å². The van der Waals surface area contributed by atoms with E-state index in [4.69, 9.17) is 9.47 Å². The molecule has 8 heteroatoms. The van der Waals surface area contributed by atoms with Crippen molar-refractivity contribution in [2.24, 2.45) is 0 Å². The van der Waals surface area contributed by atoms with Gasteiger partial charge in [-0.2, -0.15) is 0 Å². The fraction of sp³-hybridized carbons (Fsp3) is 0.545. The van der Waals surface area contributed by atoms with E-state index in [-0.39, 0.29) is 12.4 Å². The van der Waals surface area contributed by atoms with Crippen LogP contribution in [-0.4, -0.2) is 33.9 Å². The number of aromatic nitrogens is 2. The molecule has 0 radical (unpaired) electrons. The van der Waals surface area contributed by atoms with Crippen LogP contribution >= 0.6 is 15.9 Å². The first kappa shape index (κ1) is 15.5. The van der Waals surface area contributed by atoms with Gasteiger partial charge in [0.25, 0.3) is 0 Å². The van der Waals surface area contributed by atoms with Gasteiger partial charge in [0, 0.05) is 0 Å².